The van der Waals surface area contributed by atoms with Crippen LogP contribution in [0.3, 0.4) is 0 Å². The topological polar surface area (TPSA) is 51.2 Å². The predicted molar refractivity (Wildman–Crippen MR) is 90.8 cm³/mol. The second kappa shape index (κ2) is 7.20. The molecule has 124 valence electrons. The zero-order valence-electron chi connectivity index (χ0n) is 14.2. The Kier molecular flexibility index (Phi) is 5.51. The van der Waals surface area contributed by atoms with Gasteiger partial charge in [0.25, 0.3) is 0 Å². The van der Waals surface area contributed by atoms with E-state index in [1.54, 1.807) is 0 Å². The first kappa shape index (κ1) is 17.6. The monoisotopic (exact) mass is 314 g/mol. The van der Waals surface area contributed by atoms with Crippen molar-refractivity contribution in [3.63, 3.8) is 0 Å². The van der Waals surface area contributed by atoms with Gasteiger partial charge in [-0.2, -0.15) is 0 Å². The zero-order valence-corrected chi connectivity index (χ0v) is 14.2. The summed E-state index contributed by atoms with van der Waals surface area (Å²) < 4.78 is 0. The average Bonchev–Trinajstić information content (AvgIpc) is 3.05. The summed E-state index contributed by atoms with van der Waals surface area (Å²) in [5.41, 5.74) is 2.70. The molecule has 3 nitrogen and oxygen atoms in total. The maximum atomic E-state index is 11.8. The van der Waals surface area contributed by atoms with E-state index in [0.717, 1.165) is 38.1 Å². The summed E-state index contributed by atoms with van der Waals surface area (Å²) in [5, 5.41) is 0. The largest absolute Gasteiger partial charge is 0.303 e. The molecule has 0 N–H and O–H groups in total. The predicted octanol–water partition coefficient (Wildman–Crippen LogP) is 3.84. The molecular formula is C20H26O3. The normalized spacial score (nSPS) is 32.9. The molecule has 2 aliphatic rings. The maximum Gasteiger partial charge on any atom is 0.146 e. The fourth-order valence-electron chi connectivity index (χ4n) is 3.83. The number of carbonyl (C=O) groups excluding carboxylic acids is 3. The van der Waals surface area contributed by atoms with E-state index in [1.807, 2.05) is 6.08 Å². The Bertz CT molecular complexity index is 578. The lowest BCUT2D eigenvalue weighted by Crippen LogP contribution is -2.26. The number of carbonyl (C=O) groups is 3. The highest BCUT2D eigenvalue weighted by Gasteiger charge is 2.60. The van der Waals surface area contributed by atoms with Crippen molar-refractivity contribution in [2.45, 2.75) is 46.5 Å². The van der Waals surface area contributed by atoms with Crippen LogP contribution in [0, 0.1) is 23.2 Å². The van der Waals surface area contributed by atoms with Gasteiger partial charge < -0.3 is 9.59 Å². The Morgan fingerprint density at radius 3 is 2.57 bits per heavy atom. The van der Waals surface area contributed by atoms with Crippen LogP contribution in [0.25, 0.3) is 0 Å². The van der Waals surface area contributed by atoms with Crippen LogP contribution in [0.1, 0.15) is 46.5 Å². The Morgan fingerprint density at radius 1 is 1.26 bits per heavy atom. The SMILES string of the molecule is CC(C)=CCC/C(C)=C/[C@@H]1C[C@]1(C=O)[C@@H]1CC=C(C=O)C1C=O. The van der Waals surface area contributed by atoms with Crippen LogP contribution >= 0.6 is 0 Å². The lowest BCUT2D eigenvalue weighted by molar-refractivity contribution is -0.118. The van der Waals surface area contributed by atoms with E-state index in [0.29, 0.717) is 12.0 Å². The third-order valence-electron chi connectivity index (χ3n) is 5.30. The molecule has 0 spiro atoms. The minimum absolute atomic E-state index is 0.0514. The van der Waals surface area contributed by atoms with E-state index < -0.39 is 11.3 Å². The molecule has 0 saturated heterocycles. The van der Waals surface area contributed by atoms with Crippen LogP contribution in [-0.2, 0) is 14.4 Å². The first-order chi connectivity index (χ1) is 11.0. The first-order valence-electron chi connectivity index (χ1n) is 8.36. The molecule has 4 atom stereocenters. The Morgan fingerprint density at radius 2 is 2.00 bits per heavy atom. The van der Waals surface area contributed by atoms with Crippen molar-refractivity contribution in [3.8, 4) is 0 Å². The highest BCUT2D eigenvalue weighted by Crippen LogP contribution is 2.62. The van der Waals surface area contributed by atoms with Gasteiger partial charge in [0, 0.05) is 11.3 Å². The molecule has 0 heterocycles. The van der Waals surface area contributed by atoms with Gasteiger partial charge in [0.05, 0.1) is 0 Å². The lowest BCUT2D eigenvalue weighted by Gasteiger charge is -2.22. The fourth-order valence-corrected chi connectivity index (χ4v) is 3.83. The van der Waals surface area contributed by atoms with E-state index in [9.17, 15) is 14.4 Å². The van der Waals surface area contributed by atoms with E-state index in [1.165, 1.54) is 11.1 Å². The van der Waals surface area contributed by atoms with Crippen LogP contribution in [0.2, 0.25) is 0 Å². The average molecular weight is 314 g/mol. The van der Waals surface area contributed by atoms with Crippen molar-refractivity contribution < 1.29 is 14.4 Å². The first-order valence-corrected chi connectivity index (χ1v) is 8.36. The molecule has 0 aliphatic heterocycles. The number of rotatable bonds is 8. The van der Waals surface area contributed by atoms with Gasteiger partial charge in [-0.05, 0) is 63.9 Å². The molecule has 1 fully saturated rings. The third kappa shape index (κ3) is 3.60. The highest BCUT2D eigenvalue weighted by molar-refractivity contribution is 5.83. The standard InChI is InChI=1S/C20H26O3/c1-14(2)5-4-6-15(3)9-17-10-20(17,13-23)19-8-7-16(11-21)18(19)12-22/h5,7,9,11-13,17-19H,4,6,8,10H2,1-3H3/b15-9+/t17-,18?,19-,20-/m1/s1. The van der Waals surface area contributed by atoms with Gasteiger partial charge in [-0.25, -0.2) is 0 Å². The molecule has 0 radical (unpaired) electrons. The van der Waals surface area contributed by atoms with E-state index in [2.05, 4.69) is 32.9 Å². The molecular weight excluding hydrogens is 288 g/mol. The molecule has 3 heteroatoms. The number of allylic oxidation sites excluding steroid dienone is 6. The zero-order chi connectivity index (χ0) is 17.0. The third-order valence-corrected chi connectivity index (χ3v) is 5.30. The van der Waals surface area contributed by atoms with E-state index in [-0.39, 0.29) is 11.8 Å². The molecule has 0 bridgehead atoms. The van der Waals surface area contributed by atoms with Crippen molar-refractivity contribution in [2.24, 2.45) is 23.2 Å². The lowest BCUT2D eigenvalue weighted by atomic mass is 9.78. The molecule has 1 unspecified atom stereocenters. The van der Waals surface area contributed by atoms with Crippen LogP contribution in [0.15, 0.2) is 34.9 Å². The quantitative estimate of drug-likeness (QED) is 0.505. The van der Waals surface area contributed by atoms with Gasteiger partial charge in [-0.3, -0.25) is 4.79 Å². The second-order valence-electron chi connectivity index (χ2n) is 7.20. The molecule has 1 saturated carbocycles. The Hall–Kier alpha value is -1.77. The molecule has 2 aliphatic carbocycles. The van der Waals surface area contributed by atoms with Crippen molar-refractivity contribution in [1.82, 2.24) is 0 Å². The molecule has 2 rings (SSSR count). The van der Waals surface area contributed by atoms with Gasteiger partial charge in [0.2, 0.25) is 0 Å². The van der Waals surface area contributed by atoms with Crippen LogP contribution in [-0.4, -0.2) is 18.9 Å². The van der Waals surface area contributed by atoms with Gasteiger partial charge >= 0.3 is 0 Å². The number of hydrogen-bond donors (Lipinski definition) is 0. The van der Waals surface area contributed by atoms with Crippen molar-refractivity contribution in [2.75, 3.05) is 0 Å². The van der Waals surface area contributed by atoms with Gasteiger partial charge in [-0.1, -0.05) is 29.4 Å². The van der Waals surface area contributed by atoms with Gasteiger partial charge in [0.1, 0.15) is 18.9 Å². The summed E-state index contributed by atoms with van der Waals surface area (Å²) in [7, 11) is 0. The van der Waals surface area contributed by atoms with Gasteiger partial charge in [-0.15, -0.1) is 0 Å². The smallest absolute Gasteiger partial charge is 0.146 e. The molecule has 0 aromatic carbocycles. The molecule has 0 amide bonds. The summed E-state index contributed by atoms with van der Waals surface area (Å²) in [6, 6.07) is 0. The van der Waals surface area contributed by atoms with Crippen molar-refractivity contribution >= 4 is 18.9 Å². The van der Waals surface area contributed by atoms with E-state index in [4.69, 9.17) is 0 Å². The van der Waals surface area contributed by atoms with Crippen LogP contribution in [0.5, 0.6) is 0 Å². The minimum atomic E-state index is -0.454. The van der Waals surface area contributed by atoms with Crippen molar-refractivity contribution in [1.29, 1.82) is 0 Å². The minimum Gasteiger partial charge on any atom is -0.303 e. The van der Waals surface area contributed by atoms with Crippen molar-refractivity contribution in [3.05, 3.63) is 34.9 Å². The summed E-state index contributed by atoms with van der Waals surface area (Å²) in [6.07, 6.45) is 12.3. The van der Waals surface area contributed by atoms with Crippen LogP contribution < -0.4 is 0 Å². The molecule has 0 aromatic rings. The van der Waals surface area contributed by atoms with Crippen LogP contribution in [0.4, 0.5) is 0 Å². The summed E-state index contributed by atoms with van der Waals surface area (Å²) in [6.45, 7) is 6.29. The summed E-state index contributed by atoms with van der Waals surface area (Å²) in [4.78, 5) is 34.2. The molecule has 23 heavy (non-hydrogen) atoms. The second-order valence-corrected chi connectivity index (χ2v) is 7.20. The molecule has 0 aromatic heterocycles. The van der Waals surface area contributed by atoms with Gasteiger partial charge in [0.15, 0.2) is 0 Å². The maximum absolute atomic E-state index is 11.8. The Balaban J connectivity index is 2.05. The number of hydrogen-bond acceptors (Lipinski definition) is 3. The number of aldehydes is 3. The fraction of sp³-hybridized carbons (Fsp3) is 0.550. The highest BCUT2D eigenvalue weighted by atomic mass is 16.1. The summed E-state index contributed by atoms with van der Waals surface area (Å²) in [5.74, 6) is -0.259. The summed E-state index contributed by atoms with van der Waals surface area (Å²) >= 11 is 0. The van der Waals surface area contributed by atoms with E-state index >= 15 is 0 Å². The Labute approximate surface area is 138 Å².